The first-order valence-electron chi connectivity index (χ1n) is 11.4. The molecular weight excluding hydrogens is 514 g/mol. The van der Waals surface area contributed by atoms with Gasteiger partial charge in [-0.1, -0.05) is 36.0 Å². The molecule has 0 bridgehead atoms. The van der Waals surface area contributed by atoms with Crippen LogP contribution in [0.25, 0.3) is 16.9 Å². The Bertz CT molecular complexity index is 1270. The Kier molecular flexibility index (Phi) is 7.34. The van der Waals surface area contributed by atoms with Crippen molar-refractivity contribution in [1.82, 2.24) is 20.2 Å². The van der Waals surface area contributed by atoms with E-state index in [9.17, 15) is 9.18 Å². The average molecular weight is 540 g/mol. The number of hydrazine groups is 1. The number of nitrogens with zero attached hydrogens (tertiary/aromatic N) is 3. The van der Waals surface area contributed by atoms with E-state index in [1.165, 1.54) is 12.1 Å². The number of hydrogen-bond acceptors (Lipinski definition) is 4. The van der Waals surface area contributed by atoms with Gasteiger partial charge in [-0.25, -0.2) is 14.1 Å². The van der Waals surface area contributed by atoms with E-state index in [-0.39, 0.29) is 24.0 Å². The fraction of sp³-hybridized carbons (Fsp3) is 0.360. The van der Waals surface area contributed by atoms with Gasteiger partial charge in [-0.2, -0.15) is 5.10 Å². The summed E-state index contributed by atoms with van der Waals surface area (Å²) >= 11 is 12.7. The predicted molar refractivity (Wildman–Crippen MR) is 137 cm³/mol. The molecule has 2 aromatic carbocycles. The Balaban J connectivity index is 0.00000289. The molecule has 1 fully saturated rings. The zero-order valence-corrected chi connectivity index (χ0v) is 21.7. The summed E-state index contributed by atoms with van der Waals surface area (Å²) in [5.41, 5.74) is 4.77. The molecule has 1 aromatic heterocycles. The third-order valence-electron chi connectivity index (χ3n) is 6.27. The van der Waals surface area contributed by atoms with Gasteiger partial charge in [0, 0.05) is 29.7 Å². The normalized spacial score (nSPS) is 16.8. The van der Waals surface area contributed by atoms with E-state index in [1.54, 1.807) is 28.9 Å². The lowest BCUT2D eigenvalue weighted by Gasteiger charge is -2.33. The molecule has 3 aromatic rings. The molecular formula is C25H26Cl3FN4O2. The van der Waals surface area contributed by atoms with Crippen LogP contribution in [0.1, 0.15) is 55.6 Å². The topological polar surface area (TPSA) is 59.4 Å². The minimum atomic E-state index is -0.946. The molecule has 1 saturated heterocycles. The molecule has 0 atom stereocenters. The average Bonchev–Trinajstić information content (AvgIpc) is 2.99. The SMILES string of the molecule is CC1(C)Oc2cc(F)ccc2-c2c1c(C(=O)NN1CCCCCC1)nn2-c1ccc(Cl)cc1Cl.Cl. The van der Waals surface area contributed by atoms with Crippen LogP contribution in [0.5, 0.6) is 5.75 Å². The lowest BCUT2D eigenvalue weighted by atomic mass is 9.88. The molecule has 186 valence electrons. The van der Waals surface area contributed by atoms with E-state index in [0.29, 0.717) is 38.3 Å². The van der Waals surface area contributed by atoms with Crippen LogP contribution in [0.2, 0.25) is 10.0 Å². The lowest BCUT2D eigenvalue weighted by molar-refractivity contribution is 0.0760. The zero-order chi connectivity index (χ0) is 24.0. The van der Waals surface area contributed by atoms with Gasteiger partial charge in [0.05, 0.1) is 22.0 Å². The van der Waals surface area contributed by atoms with Crippen molar-refractivity contribution >= 4 is 41.5 Å². The van der Waals surface area contributed by atoms with Crippen molar-refractivity contribution in [3.63, 3.8) is 0 Å². The summed E-state index contributed by atoms with van der Waals surface area (Å²) in [4.78, 5) is 13.5. The highest BCUT2D eigenvalue weighted by atomic mass is 35.5. The molecule has 0 radical (unpaired) electrons. The van der Waals surface area contributed by atoms with Gasteiger partial charge in [-0.3, -0.25) is 10.2 Å². The van der Waals surface area contributed by atoms with Gasteiger partial charge >= 0.3 is 0 Å². The highest BCUT2D eigenvalue weighted by Gasteiger charge is 2.41. The van der Waals surface area contributed by atoms with E-state index in [2.05, 4.69) is 5.43 Å². The number of carbonyl (C=O) groups excluding carboxylic acids is 1. The highest BCUT2D eigenvalue weighted by Crippen LogP contribution is 2.48. The minimum Gasteiger partial charge on any atom is -0.482 e. The van der Waals surface area contributed by atoms with Crippen molar-refractivity contribution in [3.8, 4) is 22.7 Å². The molecule has 5 rings (SSSR count). The van der Waals surface area contributed by atoms with Gasteiger partial charge in [-0.05, 0) is 57.0 Å². The fourth-order valence-electron chi connectivity index (χ4n) is 4.70. The maximum Gasteiger partial charge on any atom is 0.286 e. The van der Waals surface area contributed by atoms with Crippen molar-refractivity contribution < 1.29 is 13.9 Å². The number of hydrogen-bond donors (Lipinski definition) is 1. The molecule has 3 heterocycles. The maximum atomic E-state index is 14.1. The maximum absolute atomic E-state index is 14.1. The number of halogens is 4. The molecule has 0 saturated carbocycles. The van der Waals surface area contributed by atoms with Crippen LogP contribution in [-0.2, 0) is 5.60 Å². The number of ether oxygens (including phenoxy) is 1. The minimum absolute atomic E-state index is 0. The van der Waals surface area contributed by atoms with Crippen molar-refractivity contribution in [3.05, 3.63) is 63.5 Å². The van der Waals surface area contributed by atoms with Crippen LogP contribution < -0.4 is 10.2 Å². The van der Waals surface area contributed by atoms with Crippen molar-refractivity contribution in [2.45, 2.75) is 45.1 Å². The number of amides is 1. The first-order chi connectivity index (χ1) is 16.2. The molecule has 1 amide bonds. The Labute approximate surface area is 219 Å². The lowest BCUT2D eigenvalue weighted by Crippen LogP contribution is -2.44. The standard InChI is InChI=1S/C25H25Cl2FN4O2.ClH/c1-25(2)21-22(24(33)30-31-11-5-3-4-6-12-31)29-32(19-10-7-15(26)13-18(19)27)23(21)17-9-8-16(28)14-20(17)34-25;/h7-10,13-14H,3-6,11-12H2,1-2H3,(H,30,33);1H. The molecule has 0 aliphatic carbocycles. The highest BCUT2D eigenvalue weighted by molar-refractivity contribution is 6.35. The largest absolute Gasteiger partial charge is 0.482 e. The Morgan fingerprint density at radius 1 is 1.09 bits per heavy atom. The quantitative estimate of drug-likeness (QED) is 0.410. The van der Waals surface area contributed by atoms with Gasteiger partial charge in [0.2, 0.25) is 0 Å². The Morgan fingerprint density at radius 3 is 2.49 bits per heavy atom. The number of fused-ring (bicyclic) bond motifs is 3. The predicted octanol–water partition coefficient (Wildman–Crippen LogP) is 6.56. The molecule has 35 heavy (non-hydrogen) atoms. The van der Waals surface area contributed by atoms with E-state index in [0.717, 1.165) is 38.8 Å². The summed E-state index contributed by atoms with van der Waals surface area (Å²) in [7, 11) is 0. The second kappa shape index (κ2) is 9.97. The Hall–Kier alpha value is -2.32. The molecule has 2 aliphatic heterocycles. The third kappa shape index (κ3) is 4.87. The summed E-state index contributed by atoms with van der Waals surface area (Å²) in [6, 6.07) is 9.43. The van der Waals surface area contributed by atoms with E-state index in [4.69, 9.17) is 33.0 Å². The molecule has 6 nitrogen and oxygen atoms in total. The van der Waals surface area contributed by atoms with Crippen LogP contribution in [0.15, 0.2) is 36.4 Å². The van der Waals surface area contributed by atoms with Crippen LogP contribution >= 0.6 is 35.6 Å². The second-order valence-electron chi connectivity index (χ2n) is 9.17. The van der Waals surface area contributed by atoms with Crippen molar-refractivity contribution in [2.75, 3.05) is 13.1 Å². The molecule has 0 unspecified atom stereocenters. The monoisotopic (exact) mass is 538 g/mol. The van der Waals surface area contributed by atoms with E-state index in [1.807, 2.05) is 18.9 Å². The molecule has 1 N–H and O–H groups in total. The van der Waals surface area contributed by atoms with Crippen molar-refractivity contribution in [2.24, 2.45) is 0 Å². The molecule has 2 aliphatic rings. The number of carbonyl (C=O) groups is 1. The smallest absolute Gasteiger partial charge is 0.286 e. The van der Waals surface area contributed by atoms with Gasteiger partial charge in [0.1, 0.15) is 17.2 Å². The summed E-state index contributed by atoms with van der Waals surface area (Å²) in [6.45, 7) is 5.27. The van der Waals surface area contributed by atoms with Crippen LogP contribution in [0.3, 0.4) is 0 Å². The van der Waals surface area contributed by atoms with E-state index < -0.39 is 11.4 Å². The van der Waals surface area contributed by atoms with Crippen LogP contribution in [-0.4, -0.2) is 33.8 Å². The van der Waals surface area contributed by atoms with Crippen LogP contribution in [0.4, 0.5) is 4.39 Å². The first-order valence-corrected chi connectivity index (χ1v) is 12.1. The Morgan fingerprint density at radius 2 is 1.80 bits per heavy atom. The van der Waals surface area contributed by atoms with Gasteiger partial charge < -0.3 is 4.74 Å². The summed E-state index contributed by atoms with van der Waals surface area (Å²) in [5.74, 6) is -0.347. The number of aromatic nitrogens is 2. The van der Waals surface area contributed by atoms with Crippen LogP contribution in [0, 0.1) is 5.82 Å². The zero-order valence-electron chi connectivity index (χ0n) is 19.4. The molecule has 10 heteroatoms. The third-order valence-corrected chi connectivity index (χ3v) is 6.81. The van der Waals surface area contributed by atoms with Crippen molar-refractivity contribution in [1.29, 1.82) is 0 Å². The van der Waals surface area contributed by atoms with Gasteiger partial charge in [0.15, 0.2) is 5.69 Å². The molecule has 0 spiro atoms. The van der Waals surface area contributed by atoms with Gasteiger partial charge in [-0.15, -0.1) is 12.4 Å². The summed E-state index contributed by atoms with van der Waals surface area (Å²) in [6.07, 6.45) is 4.36. The first kappa shape index (κ1) is 25.8. The summed E-state index contributed by atoms with van der Waals surface area (Å²) in [5, 5.41) is 7.56. The number of nitrogens with one attached hydrogen (secondary N) is 1. The summed E-state index contributed by atoms with van der Waals surface area (Å²) < 4.78 is 21.9. The number of benzene rings is 2. The van der Waals surface area contributed by atoms with E-state index >= 15 is 0 Å². The van der Waals surface area contributed by atoms with Gasteiger partial charge in [0.25, 0.3) is 5.91 Å². The second-order valence-corrected chi connectivity index (χ2v) is 10.0. The number of rotatable bonds is 3. The fourth-order valence-corrected chi connectivity index (χ4v) is 5.19.